The van der Waals surface area contributed by atoms with E-state index < -0.39 is 12.1 Å². The van der Waals surface area contributed by atoms with Crippen LogP contribution in [-0.2, 0) is 22.7 Å². The number of hydrogen-bond acceptors (Lipinski definition) is 3. The summed E-state index contributed by atoms with van der Waals surface area (Å²) in [6, 6.07) is 14.7. The first-order chi connectivity index (χ1) is 13.5. The van der Waals surface area contributed by atoms with Crippen molar-refractivity contribution in [1.29, 1.82) is 0 Å². The van der Waals surface area contributed by atoms with Crippen LogP contribution in [0.25, 0.3) is 0 Å². The topological polar surface area (TPSA) is 78.9 Å². The molecular weight excluding hydrogens is 431 g/mol. The van der Waals surface area contributed by atoms with Crippen molar-refractivity contribution in [2.45, 2.75) is 19.2 Å². The largest absolute Gasteiger partial charge is 0.465 e. The van der Waals surface area contributed by atoms with Crippen molar-refractivity contribution in [1.82, 2.24) is 10.2 Å². The molecular formula is C20H22BrFN2O4. The standard InChI is InChI=1S/C20H22BrFN2O4/c21-10-19(25)24(11-15-6-8-17(22)9-7-15)12-18(23-20(26)27)14-28-13-16-4-2-1-3-5-16/h1-9,18,23H,10-14H2,(H,26,27). The maximum Gasteiger partial charge on any atom is 0.405 e. The normalized spacial score (nSPS) is 11.6. The van der Waals surface area contributed by atoms with Crippen molar-refractivity contribution >= 4 is 27.9 Å². The molecule has 0 saturated carbocycles. The maximum atomic E-state index is 13.1. The van der Waals surface area contributed by atoms with Gasteiger partial charge in [0.15, 0.2) is 0 Å². The summed E-state index contributed by atoms with van der Waals surface area (Å²) in [6.07, 6.45) is -1.19. The van der Waals surface area contributed by atoms with Crippen LogP contribution in [0.1, 0.15) is 11.1 Å². The Hall–Kier alpha value is -2.45. The van der Waals surface area contributed by atoms with Crippen LogP contribution in [-0.4, -0.2) is 46.5 Å². The van der Waals surface area contributed by atoms with Gasteiger partial charge in [-0.3, -0.25) is 4.79 Å². The summed E-state index contributed by atoms with van der Waals surface area (Å²) >= 11 is 3.15. The molecule has 0 saturated heterocycles. The minimum Gasteiger partial charge on any atom is -0.465 e. The third kappa shape index (κ3) is 7.66. The zero-order valence-corrected chi connectivity index (χ0v) is 16.8. The number of benzene rings is 2. The summed E-state index contributed by atoms with van der Waals surface area (Å²) in [5.74, 6) is -0.563. The molecule has 0 fully saturated rings. The third-order valence-corrected chi connectivity index (χ3v) is 4.43. The van der Waals surface area contributed by atoms with Crippen LogP contribution >= 0.6 is 15.9 Å². The van der Waals surface area contributed by atoms with Gasteiger partial charge in [0.05, 0.1) is 24.6 Å². The number of amides is 2. The third-order valence-electron chi connectivity index (χ3n) is 3.95. The number of nitrogens with zero attached hydrogens (tertiary/aromatic N) is 1. The number of alkyl halides is 1. The predicted octanol–water partition coefficient (Wildman–Crippen LogP) is 3.40. The maximum absolute atomic E-state index is 13.1. The van der Waals surface area contributed by atoms with Gasteiger partial charge in [-0.15, -0.1) is 0 Å². The number of nitrogens with one attached hydrogen (secondary N) is 1. The first-order valence-electron chi connectivity index (χ1n) is 8.67. The van der Waals surface area contributed by atoms with E-state index in [2.05, 4.69) is 21.2 Å². The molecule has 0 aliphatic rings. The van der Waals surface area contributed by atoms with Gasteiger partial charge < -0.3 is 20.1 Å². The quantitative estimate of drug-likeness (QED) is 0.541. The summed E-state index contributed by atoms with van der Waals surface area (Å²) in [5.41, 5.74) is 1.71. The number of hydrogen-bond donors (Lipinski definition) is 2. The summed E-state index contributed by atoms with van der Waals surface area (Å²) in [7, 11) is 0. The fourth-order valence-corrected chi connectivity index (χ4v) is 2.98. The Morgan fingerprint density at radius 1 is 1.11 bits per heavy atom. The van der Waals surface area contributed by atoms with Gasteiger partial charge in [-0.25, -0.2) is 9.18 Å². The zero-order chi connectivity index (χ0) is 20.4. The SMILES string of the molecule is O=C(O)NC(COCc1ccccc1)CN(Cc1ccc(F)cc1)C(=O)CBr. The van der Waals surface area contributed by atoms with Gasteiger partial charge in [0.1, 0.15) is 5.82 Å². The van der Waals surface area contributed by atoms with Gasteiger partial charge in [0.25, 0.3) is 0 Å². The van der Waals surface area contributed by atoms with Gasteiger partial charge >= 0.3 is 6.09 Å². The highest BCUT2D eigenvalue weighted by Crippen LogP contribution is 2.10. The van der Waals surface area contributed by atoms with Gasteiger partial charge in [0, 0.05) is 13.1 Å². The lowest BCUT2D eigenvalue weighted by atomic mass is 10.2. The van der Waals surface area contributed by atoms with E-state index in [4.69, 9.17) is 9.84 Å². The summed E-state index contributed by atoms with van der Waals surface area (Å²) in [6.45, 7) is 0.809. The first kappa shape index (κ1) is 21.8. The summed E-state index contributed by atoms with van der Waals surface area (Å²) in [5, 5.41) is 11.6. The number of carbonyl (C=O) groups excluding carboxylic acids is 1. The molecule has 2 rings (SSSR count). The highest BCUT2D eigenvalue weighted by Gasteiger charge is 2.20. The molecule has 0 aliphatic carbocycles. The van der Waals surface area contributed by atoms with Crippen molar-refractivity contribution < 1.29 is 23.8 Å². The molecule has 0 spiro atoms. The first-order valence-corrected chi connectivity index (χ1v) is 9.79. The molecule has 2 amide bonds. The summed E-state index contributed by atoms with van der Waals surface area (Å²) < 4.78 is 18.7. The van der Waals surface area contributed by atoms with Crippen molar-refractivity contribution in [3.05, 3.63) is 71.5 Å². The minimum absolute atomic E-state index is 0.0961. The number of carbonyl (C=O) groups is 2. The fourth-order valence-electron chi connectivity index (χ4n) is 2.62. The molecule has 2 aromatic carbocycles. The molecule has 0 radical (unpaired) electrons. The Kier molecular flexibility index (Phi) is 8.90. The van der Waals surface area contributed by atoms with E-state index in [-0.39, 0.29) is 36.8 Å². The lowest BCUT2D eigenvalue weighted by Gasteiger charge is -2.27. The average molecular weight is 453 g/mol. The van der Waals surface area contributed by atoms with Crippen molar-refractivity contribution in [3.8, 4) is 0 Å². The van der Waals surface area contributed by atoms with Gasteiger partial charge in [-0.05, 0) is 23.3 Å². The molecule has 6 nitrogen and oxygen atoms in total. The smallest absolute Gasteiger partial charge is 0.405 e. The monoisotopic (exact) mass is 452 g/mol. The van der Waals surface area contributed by atoms with E-state index in [1.54, 1.807) is 12.1 Å². The number of carboxylic acid groups (broad SMARTS) is 1. The number of halogens is 2. The van der Waals surface area contributed by atoms with Crippen molar-refractivity contribution in [2.24, 2.45) is 0 Å². The molecule has 0 bridgehead atoms. The highest BCUT2D eigenvalue weighted by atomic mass is 79.9. The van der Waals surface area contributed by atoms with Crippen LogP contribution in [0.4, 0.5) is 9.18 Å². The molecule has 0 aromatic heterocycles. The predicted molar refractivity (Wildman–Crippen MR) is 107 cm³/mol. The molecule has 2 N–H and O–H groups in total. The van der Waals surface area contributed by atoms with Crippen LogP contribution in [0.2, 0.25) is 0 Å². The van der Waals surface area contributed by atoms with E-state index in [1.165, 1.54) is 17.0 Å². The molecule has 28 heavy (non-hydrogen) atoms. The average Bonchev–Trinajstić information content (AvgIpc) is 2.68. The Balaban J connectivity index is 2.00. The molecule has 1 atom stereocenters. The van der Waals surface area contributed by atoms with Crippen LogP contribution < -0.4 is 5.32 Å². The second-order valence-corrected chi connectivity index (χ2v) is 6.74. The van der Waals surface area contributed by atoms with E-state index in [9.17, 15) is 14.0 Å². The molecule has 1 unspecified atom stereocenters. The molecule has 0 heterocycles. The molecule has 150 valence electrons. The van der Waals surface area contributed by atoms with Gasteiger partial charge in [-0.1, -0.05) is 58.4 Å². The lowest BCUT2D eigenvalue weighted by Crippen LogP contribution is -2.47. The Morgan fingerprint density at radius 3 is 2.39 bits per heavy atom. The van der Waals surface area contributed by atoms with Gasteiger partial charge in [0.2, 0.25) is 5.91 Å². The Bertz CT molecular complexity index is 759. The molecule has 2 aromatic rings. The number of ether oxygens (including phenoxy) is 1. The lowest BCUT2D eigenvalue weighted by molar-refractivity contribution is -0.129. The van der Waals surface area contributed by atoms with Crippen LogP contribution in [0.3, 0.4) is 0 Å². The molecule has 8 heteroatoms. The Labute approximate surface area is 171 Å². The zero-order valence-electron chi connectivity index (χ0n) is 15.2. The van der Waals surface area contributed by atoms with E-state index in [0.29, 0.717) is 6.61 Å². The van der Waals surface area contributed by atoms with Crippen LogP contribution in [0.15, 0.2) is 54.6 Å². The van der Waals surface area contributed by atoms with Crippen molar-refractivity contribution in [2.75, 3.05) is 18.5 Å². The molecule has 0 aliphatic heterocycles. The summed E-state index contributed by atoms with van der Waals surface area (Å²) in [4.78, 5) is 24.9. The second-order valence-electron chi connectivity index (χ2n) is 6.18. The van der Waals surface area contributed by atoms with Crippen LogP contribution in [0.5, 0.6) is 0 Å². The minimum atomic E-state index is -1.19. The van der Waals surface area contributed by atoms with E-state index >= 15 is 0 Å². The Morgan fingerprint density at radius 2 is 1.79 bits per heavy atom. The fraction of sp³-hybridized carbons (Fsp3) is 0.300. The van der Waals surface area contributed by atoms with E-state index in [0.717, 1.165) is 11.1 Å². The van der Waals surface area contributed by atoms with E-state index in [1.807, 2.05) is 30.3 Å². The second kappa shape index (κ2) is 11.4. The highest BCUT2D eigenvalue weighted by molar-refractivity contribution is 9.09. The van der Waals surface area contributed by atoms with Crippen LogP contribution in [0, 0.1) is 5.82 Å². The van der Waals surface area contributed by atoms with Gasteiger partial charge in [-0.2, -0.15) is 0 Å². The van der Waals surface area contributed by atoms with Crippen molar-refractivity contribution in [3.63, 3.8) is 0 Å². The number of rotatable bonds is 10.